The fourth-order valence-corrected chi connectivity index (χ4v) is 3.15. The first kappa shape index (κ1) is 19.4. The first-order valence-electron chi connectivity index (χ1n) is 9.05. The third kappa shape index (κ3) is 4.31. The zero-order valence-corrected chi connectivity index (χ0v) is 16.1. The first-order valence-corrected chi connectivity index (χ1v) is 9.05. The predicted molar refractivity (Wildman–Crippen MR) is 107 cm³/mol. The number of amides is 3. The molecule has 1 atom stereocenters. The monoisotopic (exact) mass is 381 g/mol. The largest absolute Gasteiger partial charge is 0.462 e. The molecule has 0 fully saturated rings. The van der Waals surface area contributed by atoms with Gasteiger partial charge in [0.15, 0.2) is 0 Å². The Balaban J connectivity index is 1.73. The molecule has 0 saturated carbocycles. The molecule has 1 aliphatic heterocycles. The molecule has 1 N–H and O–H groups in total. The fourth-order valence-electron chi connectivity index (χ4n) is 3.15. The summed E-state index contributed by atoms with van der Waals surface area (Å²) in [6.45, 7) is 3.54. The van der Waals surface area contributed by atoms with Crippen LogP contribution in [0.25, 0.3) is 6.08 Å². The summed E-state index contributed by atoms with van der Waals surface area (Å²) in [5.41, 5.74) is 1.22. The van der Waals surface area contributed by atoms with Gasteiger partial charge in [0, 0.05) is 25.6 Å². The van der Waals surface area contributed by atoms with Crippen molar-refractivity contribution < 1.29 is 18.8 Å². The lowest BCUT2D eigenvalue weighted by Gasteiger charge is -2.29. The number of likely N-dealkylation sites (N-methyl/N-ethyl adjacent to an activating group) is 1. The summed E-state index contributed by atoms with van der Waals surface area (Å²) < 4.78 is 5.40. The van der Waals surface area contributed by atoms with Crippen LogP contribution in [-0.2, 0) is 14.4 Å². The molecule has 1 aromatic carbocycles. The van der Waals surface area contributed by atoms with E-state index in [2.05, 4.69) is 5.32 Å². The van der Waals surface area contributed by atoms with E-state index >= 15 is 0 Å². The zero-order valence-electron chi connectivity index (χ0n) is 16.1. The summed E-state index contributed by atoms with van der Waals surface area (Å²) in [5.74, 6) is 0.621. The smallest absolute Gasteiger partial charge is 0.246 e. The Bertz CT molecular complexity index is 931. The number of fused-ring (bicyclic) bond motifs is 1. The molecule has 0 spiro atoms. The lowest BCUT2D eigenvalue weighted by atomic mass is 10.1. The van der Waals surface area contributed by atoms with Crippen LogP contribution in [0.1, 0.15) is 24.9 Å². The van der Waals surface area contributed by atoms with E-state index in [4.69, 9.17) is 4.42 Å². The van der Waals surface area contributed by atoms with E-state index < -0.39 is 0 Å². The van der Waals surface area contributed by atoms with Crippen molar-refractivity contribution in [3.8, 4) is 0 Å². The number of furan rings is 1. The summed E-state index contributed by atoms with van der Waals surface area (Å²) in [4.78, 5) is 40.3. The molecule has 0 saturated heterocycles. The maximum Gasteiger partial charge on any atom is 0.246 e. The van der Waals surface area contributed by atoms with E-state index in [1.54, 1.807) is 42.3 Å². The second-order valence-corrected chi connectivity index (χ2v) is 6.86. The van der Waals surface area contributed by atoms with Crippen LogP contribution in [-0.4, -0.2) is 42.3 Å². The van der Waals surface area contributed by atoms with Gasteiger partial charge in [-0.1, -0.05) is 12.1 Å². The highest BCUT2D eigenvalue weighted by atomic mass is 16.3. The molecule has 0 aliphatic carbocycles. The number of nitrogens with zero attached hydrogens (tertiary/aromatic N) is 2. The van der Waals surface area contributed by atoms with Crippen molar-refractivity contribution in [1.29, 1.82) is 0 Å². The highest BCUT2D eigenvalue weighted by Crippen LogP contribution is 2.31. The zero-order chi connectivity index (χ0) is 20.3. The highest BCUT2D eigenvalue weighted by molar-refractivity contribution is 6.06. The van der Waals surface area contributed by atoms with Gasteiger partial charge in [-0.15, -0.1) is 0 Å². The molecule has 3 amide bonds. The molecular weight excluding hydrogens is 358 g/mol. The minimum absolute atomic E-state index is 0.104. The van der Waals surface area contributed by atoms with E-state index in [1.807, 2.05) is 26.0 Å². The minimum Gasteiger partial charge on any atom is -0.462 e. The maximum absolute atomic E-state index is 13.0. The SMILES string of the molecule is Cc1ccc(/C=C/C(=O)N(C)CC(=O)N2c3ccccc3NC(=O)CC2C)o1. The van der Waals surface area contributed by atoms with Crippen molar-refractivity contribution >= 4 is 35.2 Å². The second-order valence-electron chi connectivity index (χ2n) is 6.86. The normalized spacial score (nSPS) is 16.5. The van der Waals surface area contributed by atoms with Gasteiger partial charge in [0.1, 0.15) is 18.1 Å². The van der Waals surface area contributed by atoms with Gasteiger partial charge in [-0.05, 0) is 44.2 Å². The molecule has 2 aromatic rings. The molecule has 1 aromatic heterocycles. The maximum atomic E-state index is 13.0. The van der Waals surface area contributed by atoms with Gasteiger partial charge in [-0.25, -0.2) is 0 Å². The number of anilines is 2. The molecule has 7 heteroatoms. The van der Waals surface area contributed by atoms with Gasteiger partial charge in [0.05, 0.1) is 11.4 Å². The van der Waals surface area contributed by atoms with Crippen LogP contribution in [0.3, 0.4) is 0 Å². The van der Waals surface area contributed by atoms with Crippen LogP contribution >= 0.6 is 0 Å². The van der Waals surface area contributed by atoms with Crippen molar-refractivity contribution in [2.24, 2.45) is 0 Å². The van der Waals surface area contributed by atoms with Crippen LogP contribution in [0.15, 0.2) is 46.9 Å². The number of rotatable bonds is 4. The van der Waals surface area contributed by atoms with Crippen LogP contribution in [0, 0.1) is 6.92 Å². The van der Waals surface area contributed by atoms with Crippen molar-refractivity contribution in [3.63, 3.8) is 0 Å². The van der Waals surface area contributed by atoms with Gasteiger partial charge in [0.25, 0.3) is 0 Å². The summed E-state index contributed by atoms with van der Waals surface area (Å²) in [5, 5.41) is 2.82. The number of carbonyl (C=O) groups is 3. The molecule has 0 bridgehead atoms. The van der Waals surface area contributed by atoms with Gasteiger partial charge in [-0.2, -0.15) is 0 Å². The molecular formula is C21H23N3O4. The molecule has 1 aliphatic rings. The molecule has 28 heavy (non-hydrogen) atoms. The molecule has 3 rings (SSSR count). The predicted octanol–water partition coefficient (Wildman–Crippen LogP) is 2.82. The summed E-state index contributed by atoms with van der Waals surface area (Å²) in [6.07, 6.45) is 3.13. The number of para-hydroxylation sites is 2. The number of benzene rings is 1. The Hall–Kier alpha value is -3.35. The van der Waals surface area contributed by atoms with Crippen LogP contribution in [0.4, 0.5) is 11.4 Å². The fraction of sp³-hybridized carbons (Fsp3) is 0.286. The van der Waals surface area contributed by atoms with E-state index in [9.17, 15) is 14.4 Å². The van der Waals surface area contributed by atoms with Gasteiger partial charge >= 0.3 is 0 Å². The van der Waals surface area contributed by atoms with Gasteiger partial charge in [-0.3, -0.25) is 14.4 Å². The van der Waals surface area contributed by atoms with Crippen molar-refractivity contribution in [1.82, 2.24) is 4.90 Å². The van der Waals surface area contributed by atoms with E-state index in [0.29, 0.717) is 17.1 Å². The number of aryl methyl sites for hydroxylation is 1. The summed E-state index contributed by atoms with van der Waals surface area (Å²) in [6, 6.07) is 10.4. The van der Waals surface area contributed by atoms with Crippen LogP contribution in [0.5, 0.6) is 0 Å². The Morgan fingerprint density at radius 2 is 2.04 bits per heavy atom. The standard InChI is InChI=1S/C21H23N3O4/c1-14-12-19(25)22-17-6-4-5-7-18(17)24(14)21(27)13-23(3)20(26)11-10-16-9-8-15(2)28-16/h4-11,14H,12-13H2,1-3H3,(H,22,25)/b11-10+. The topological polar surface area (TPSA) is 82.9 Å². The lowest BCUT2D eigenvalue weighted by molar-refractivity contribution is -0.130. The molecule has 1 unspecified atom stereocenters. The van der Waals surface area contributed by atoms with E-state index in [0.717, 1.165) is 5.76 Å². The van der Waals surface area contributed by atoms with Gasteiger partial charge in [0.2, 0.25) is 17.7 Å². The Kier molecular flexibility index (Phi) is 5.63. The van der Waals surface area contributed by atoms with E-state index in [1.165, 1.54) is 11.0 Å². The summed E-state index contributed by atoms with van der Waals surface area (Å²) in [7, 11) is 1.57. The number of nitrogens with one attached hydrogen (secondary N) is 1. The lowest BCUT2D eigenvalue weighted by Crippen LogP contribution is -2.45. The third-order valence-electron chi connectivity index (χ3n) is 4.53. The Labute approximate surface area is 163 Å². The van der Waals surface area contributed by atoms with E-state index in [-0.39, 0.29) is 36.7 Å². The number of hydrogen-bond acceptors (Lipinski definition) is 4. The Morgan fingerprint density at radius 3 is 2.75 bits per heavy atom. The number of carbonyl (C=O) groups excluding carboxylic acids is 3. The second kappa shape index (κ2) is 8.12. The summed E-state index contributed by atoms with van der Waals surface area (Å²) >= 11 is 0. The third-order valence-corrected chi connectivity index (χ3v) is 4.53. The molecule has 0 radical (unpaired) electrons. The average molecular weight is 381 g/mol. The number of hydrogen-bond donors (Lipinski definition) is 1. The van der Waals surface area contributed by atoms with Crippen LogP contribution < -0.4 is 10.2 Å². The van der Waals surface area contributed by atoms with Crippen molar-refractivity contribution in [2.45, 2.75) is 26.3 Å². The van der Waals surface area contributed by atoms with Gasteiger partial charge < -0.3 is 19.5 Å². The minimum atomic E-state index is -0.318. The van der Waals surface area contributed by atoms with Crippen LogP contribution in [0.2, 0.25) is 0 Å². The first-order chi connectivity index (χ1) is 13.3. The Morgan fingerprint density at radius 1 is 1.29 bits per heavy atom. The average Bonchev–Trinajstić information content (AvgIpc) is 3.00. The molecule has 146 valence electrons. The molecule has 7 nitrogen and oxygen atoms in total. The quantitative estimate of drug-likeness (QED) is 0.826. The highest BCUT2D eigenvalue weighted by Gasteiger charge is 2.30. The van der Waals surface area contributed by atoms with Crippen molar-refractivity contribution in [3.05, 3.63) is 54.0 Å². The van der Waals surface area contributed by atoms with Crippen molar-refractivity contribution in [2.75, 3.05) is 23.8 Å². The molecule has 2 heterocycles.